The van der Waals surface area contributed by atoms with E-state index in [2.05, 4.69) is 59.0 Å². The summed E-state index contributed by atoms with van der Waals surface area (Å²) in [7, 11) is 0. The zero-order chi connectivity index (χ0) is 20.1. The molecule has 2 aliphatic rings. The number of hydrogen-bond donors (Lipinski definition) is 0. The molecule has 0 saturated carbocycles. The fourth-order valence-electron chi connectivity index (χ4n) is 5.76. The minimum atomic E-state index is 0.984. The van der Waals surface area contributed by atoms with Crippen LogP contribution in [0.5, 0.6) is 0 Å². The maximum Gasteiger partial charge on any atom is 0.145 e. The van der Waals surface area contributed by atoms with Crippen LogP contribution in [-0.4, -0.2) is 14.4 Å². The first-order chi connectivity index (χ1) is 15.3. The van der Waals surface area contributed by atoms with Crippen molar-refractivity contribution in [1.82, 2.24) is 14.4 Å². The highest BCUT2D eigenvalue weighted by Crippen LogP contribution is 2.46. The smallest absolute Gasteiger partial charge is 0.145 e. The summed E-state index contributed by atoms with van der Waals surface area (Å²) in [5, 5.41) is 2.36. The average molecular weight is 395 g/mol. The van der Waals surface area contributed by atoms with Gasteiger partial charge in [-0.25, -0.2) is 4.98 Å². The molecule has 0 saturated heterocycles. The lowest BCUT2D eigenvalue weighted by atomic mass is 9.96. The van der Waals surface area contributed by atoms with Crippen LogP contribution in [0.15, 0.2) is 79.3 Å². The Morgan fingerprint density at radius 3 is 2.39 bits per heavy atom. The third-order valence-corrected chi connectivity index (χ3v) is 7.11. The molecule has 0 unspecified atom stereocenters. The van der Waals surface area contributed by atoms with E-state index in [1.807, 2.05) is 24.7 Å². The van der Waals surface area contributed by atoms with Crippen LogP contribution in [0.25, 0.3) is 49.7 Å². The fraction of sp³-hybridized carbons (Fsp3) is 0.0714. The molecule has 3 heterocycles. The summed E-state index contributed by atoms with van der Waals surface area (Å²) < 4.78 is 2.16. The zero-order valence-corrected chi connectivity index (χ0v) is 16.8. The SMILES string of the molecule is c1ccc2c(c1)Cc1cc3c(cc1-2)-c1cc2c(cc1C3)c1ncccc1n1ccnc21. The van der Waals surface area contributed by atoms with E-state index in [4.69, 9.17) is 9.97 Å². The fourth-order valence-corrected chi connectivity index (χ4v) is 5.76. The van der Waals surface area contributed by atoms with E-state index in [-0.39, 0.29) is 0 Å². The Bertz CT molecular complexity index is 1740. The third kappa shape index (κ3) is 1.94. The highest BCUT2D eigenvalue weighted by Gasteiger charge is 2.26. The maximum absolute atomic E-state index is 4.74. The molecular weight excluding hydrogens is 378 g/mol. The lowest BCUT2D eigenvalue weighted by Crippen LogP contribution is -1.93. The second-order valence-corrected chi connectivity index (χ2v) is 8.72. The van der Waals surface area contributed by atoms with Crippen LogP contribution in [0.1, 0.15) is 22.3 Å². The summed E-state index contributed by atoms with van der Waals surface area (Å²) in [6.07, 6.45) is 7.82. The topological polar surface area (TPSA) is 30.2 Å². The van der Waals surface area contributed by atoms with Gasteiger partial charge in [-0.05, 0) is 87.7 Å². The molecule has 0 atom stereocenters. The number of rotatable bonds is 0. The van der Waals surface area contributed by atoms with Crippen molar-refractivity contribution in [2.24, 2.45) is 0 Å². The van der Waals surface area contributed by atoms with Gasteiger partial charge >= 0.3 is 0 Å². The lowest BCUT2D eigenvalue weighted by molar-refractivity contribution is 1.21. The quantitative estimate of drug-likeness (QED) is 0.287. The van der Waals surface area contributed by atoms with Gasteiger partial charge in [0.25, 0.3) is 0 Å². The second-order valence-electron chi connectivity index (χ2n) is 8.72. The van der Waals surface area contributed by atoms with Gasteiger partial charge in [0.05, 0.1) is 11.0 Å². The Kier molecular flexibility index (Phi) is 2.74. The summed E-state index contributed by atoms with van der Waals surface area (Å²) in [6, 6.07) is 22.5. The average Bonchev–Trinajstić information content (AvgIpc) is 3.51. The van der Waals surface area contributed by atoms with E-state index in [0.29, 0.717) is 0 Å². The van der Waals surface area contributed by atoms with Gasteiger partial charge in [-0.3, -0.25) is 9.38 Å². The van der Waals surface area contributed by atoms with Gasteiger partial charge in [-0.1, -0.05) is 30.3 Å². The van der Waals surface area contributed by atoms with E-state index in [1.54, 1.807) is 0 Å². The van der Waals surface area contributed by atoms with Crippen molar-refractivity contribution < 1.29 is 0 Å². The molecule has 0 radical (unpaired) electrons. The molecule has 144 valence electrons. The summed E-state index contributed by atoms with van der Waals surface area (Å²) in [6.45, 7) is 0. The molecule has 0 N–H and O–H groups in total. The Balaban J connectivity index is 1.45. The Hall–Kier alpha value is -3.98. The molecule has 3 aromatic heterocycles. The minimum Gasteiger partial charge on any atom is -0.298 e. The molecule has 2 aliphatic carbocycles. The number of benzene rings is 3. The van der Waals surface area contributed by atoms with Crippen LogP contribution >= 0.6 is 0 Å². The molecule has 0 spiro atoms. The van der Waals surface area contributed by atoms with Crippen LogP contribution in [0.4, 0.5) is 0 Å². The molecular formula is C28H17N3. The van der Waals surface area contributed by atoms with Gasteiger partial charge in [0, 0.05) is 29.4 Å². The molecule has 0 bridgehead atoms. The molecule has 0 amide bonds. The molecule has 0 fully saturated rings. The van der Waals surface area contributed by atoms with Crippen molar-refractivity contribution in [2.75, 3.05) is 0 Å². The van der Waals surface area contributed by atoms with Crippen molar-refractivity contribution >= 4 is 27.5 Å². The first-order valence-electron chi connectivity index (χ1n) is 10.8. The zero-order valence-electron chi connectivity index (χ0n) is 16.8. The van der Waals surface area contributed by atoms with Gasteiger partial charge in [0.1, 0.15) is 5.65 Å². The molecule has 31 heavy (non-hydrogen) atoms. The van der Waals surface area contributed by atoms with Gasteiger partial charge in [0.15, 0.2) is 0 Å². The number of pyridine rings is 2. The van der Waals surface area contributed by atoms with Crippen LogP contribution in [0, 0.1) is 0 Å². The van der Waals surface area contributed by atoms with E-state index in [9.17, 15) is 0 Å². The number of aromatic nitrogens is 3. The van der Waals surface area contributed by atoms with E-state index in [1.165, 1.54) is 55.3 Å². The van der Waals surface area contributed by atoms with Gasteiger partial charge < -0.3 is 0 Å². The molecule has 3 nitrogen and oxygen atoms in total. The van der Waals surface area contributed by atoms with Gasteiger partial charge in [-0.15, -0.1) is 0 Å². The third-order valence-electron chi connectivity index (χ3n) is 7.11. The predicted molar refractivity (Wildman–Crippen MR) is 124 cm³/mol. The largest absolute Gasteiger partial charge is 0.298 e. The van der Waals surface area contributed by atoms with E-state index >= 15 is 0 Å². The molecule has 3 heteroatoms. The predicted octanol–water partition coefficient (Wildman–Crippen LogP) is 6.18. The van der Waals surface area contributed by atoms with Crippen molar-refractivity contribution in [2.45, 2.75) is 12.8 Å². The van der Waals surface area contributed by atoms with Crippen molar-refractivity contribution in [3.63, 3.8) is 0 Å². The number of hydrogen-bond acceptors (Lipinski definition) is 2. The minimum absolute atomic E-state index is 0.984. The summed E-state index contributed by atoms with van der Waals surface area (Å²) >= 11 is 0. The number of imidazole rings is 1. The van der Waals surface area contributed by atoms with Crippen LogP contribution in [0.3, 0.4) is 0 Å². The summed E-state index contributed by atoms with van der Waals surface area (Å²) in [5.74, 6) is 0. The van der Waals surface area contributed by atoms with E-state index in [0.717, 1.165) is 29.5 Å². The summed E-state index contributed by atoms with van der Waals surface area (Å²) in [5.41, 5.74) is 14.4. The molecule has 3 aromatic carbocycles. The van der Waals surface area contributed by atoms with Gasteiger partial charge in [0.2, 0.25) is 0 Å². The normalized spacial score (nSPS) is 13.5. The Morgan fingerprint density at radius 1 is 0.613 bits per heavy atom. The second kappa shape index (κ2) is 5.38. The van der Waals surface area contributed by atoms with Crippen molar-refractivity contribution in [1.29, 1.82) is 0 Å². The van der Waals surface area contributed by atoms with Crippen LogP contribution in [-0.2, 0) is 12.8 Å². The molecule has 6 aromatic rings. The molecule has 8 rings (SSSR count). The Morgan fingerprint density at radius 2 is 1.42 bits per heavy atom. The standard InChI is InChI=1S/C28H17N3/c1-2-5-20-16(4-1)10-17-11-18-12-19-13-24-25(15-23(19)22(18)14-21(17)20)28-30-8-9-31(28)26-6-3-7-29-27(24)26/h1-9,11,13-15H,10,12H2. The highest BCUT2D eigenvalue weighted by molar-refractivity contribution is 6.12. The van der Waals surface area contributed by atoms with Crippen LogP contribution < -0.4 is 0 Å². The molecule has 0 aliphatic heterocycles. The van der Waals surface area contributed by atoms with Crippen molar-refractivity contribution in [3.8, 4) is 22.3 Å². The van der Waals surface area contributed by atoms with Crippen molar-refractivity contribution in [3.05, 3.63) is 102 Å². The van der Waals surface area contributed by atoms with Crippen LogP contribution in [0.2, 0.25) is 0 Å². The number of nitrogens with zero attached hydrogens (tertiary/aromatic N) is 3. The first kappa shape index (κ1) is 15.8. The number of fused-ring (bicyclic) bond motifs is 12. The maximum atomic E-state index is 4.74. The van der Waals surface area contributed by atoms with Gasteiger partial charge in [-0.2, -0.15) is 0 Å². The lowest BCUT2D eigenvalue weighted by Gasteiger charge is -2.10. The monoisotopic (exact) mass is 395 g/mol. The first-order valence-corrected chi connectivity index (χ1v) is 10.8. The highest BCUT2D eigenvalue weighted by atomic mass is 15.0. The van der Waals surface area contributed by atoms with E-state index < -0.39 is 0 Å². The Labute approximate surface area is 178 Å². The summed E-state index contributed by atoms with van der Waals surface area (Å²) in [4.78, 5) is 9.44.